The number of rotatable bonds is 7. The molecule has 0 saturated carbocycles. The van der Waals surface area contributed by atoms with E-state index in [4.69, 9.17) is 0 Å². The van der Waals surface area contributed by atoms with Crippen molar-refractivity contribution in [3.05, 3.63) is 53.9 Å². The second-order valence-electron chi connectivity index (χ2n) is 7.51. The third-order valence-corrected chi connectivity index (χ3v) is 6.43. The highest BCUT2D eigenvalue weighted by atomic mass is 32.2. The summed E-state index contributed by atoms with van der Waals surface area (Å²) in [6.07, 6.45) is -1.84. The SMILES string of the molecule is CCCS(=O)(=O)Nc1ccc(C(=O)N2CCN(C(=O)c3cccnc3)CC2)cc1OC(F)(F)F.[HH]. The summed E-state index contributed by atoms with van der Waals surface area (Å²) in [5, 5.41) is 0. The van der Waals surface area contributed by atoms with Gasteiger partial charge in [0.15, 0.2) is 5.75 Å². The number of anilines is 1. The summed E-state index contributed by atoms with van der Waals surface area (Å²) in [6, 6.07) is 6.41. The third-order valence-electron chi connectivity index (χ3n) is 4.96. The number of hydrogen-bond acceptors (Lipinski definition) is 6. The molecule has 0 aliphatic carbocycles. The molecule has 1 aliphatic heterocycles. The maximum atomic E-state index is 12.9. The van der Waals surface area contributed by atoms with Gasteiger partial charge in [0.25, 0.3) is 11.8 Å². The van der Waals surface area contributed by atoms with E-state index in [-0.39, 0.29) is 51.2 Å². The molecule has 2 amide bonds. The molecule has 0 atom stereocenters. The number of amides is 2. The Balaban J connectivity index is 0.00000432. The Kier molecular flexibility index (Phi) is 7.64. The maximum absolute atomic E-state index is 12.9. The van der Waals surface area contributed by atoms with Crippen LogP contribution in [-0.4, -0.2) is 73.3 Å². The number of benzene rings is 1. The molecule has 1 saturated heterocycles. The predicted octanol–water partition coefficient (Wildman–Crippen LogP) is 2.98. The molecule has 186 valence electrons. The standard InChI is InChI=1S/C21H23F3N4O5S.H2/c1-2-12-34(31,32)26-17-6-5-15(13-18(17)33-21(22,23)24)19(29)27-8-10-28(11-9-27)20(30)16-4-3-7-25-14-16;/h3-7,13-14,26H,2,8-12H2,1H3;1H. The van der Waals surface area contributed by atoms with Crippen LogP contribution < -0.4 is 9.46 Å². The van der Waals surface area contributed by atoms with Gasteiger partial charge < -0.3 is 14.5 Å². The van der Waals surface area contributed by atoms with Gasteiger partial charge in [-0.1, -0.05) is 6.92 Å². The molecule has 0 bridgehead atoms. The molecule has 1 N–H and O–H groups in total. The van der Waals surface area contributed by atoms with Gasteiger partial charge in [0, 0.05) is 45.6 Å². The Bertz CT molecular complexity index is 1140. The molecule has 0 unspecified atom stereocenters. The number of nitrogens with zero attached hydrogens (tertiary/aromatic N) is 3. The maximum Gasteiger partial charge on any atom is 0.573 e. The number of halogens is 3. The Hall–Kier alpha value is -3.35. The smallest absolute Gasteiger partial charge is 0.404 e. The van der Waals surface area contributed by atoms with E-state index >= 15 is 0 Å². The van der Waals surface area contributed by atoms with Crippen LogP contribution in [0, 0.1) is 0 Å². The minimum Gasteiger partial charge on any atom is -0.404 e. The average molecular weight is 503 g/mol. The summed E-state index contributed by atoms with van der Waals surface area (Å²) in [5.41, 5.74) is -0.115. The first-order valence-electron chi connectivity index (χ1n) is 10.4. The Morgan fingerprint density at radius 3 is 2.24 bits per heavy atom. The largest absolute Gasteiger partial charge is 0.573 e. The molecule has 1 aliphatic rings. The number of alkyl halides is 3. The zero-order valence-electron chi connectivity index (χ0n) is 18.2. The average Bonchev–Trinajstić information content (AvgIpc) is 2.79. The number of carbonyl (C=O) groups excluding carboxylic acids is 2. The fourth-order valence-electron chi connectivity index (χ4n) is 3.40. The minimum atomic E-state index is -5.09. The quantitative estimate of drug-likeness (QED) is 0.624. The van der Waals surface area contributed by atoms with Crippen LogP contribution in [0.15, 0.2) is 42.7 Å². The van der Waals surface area contributed by atoms with Gasteiger partial charge >= 0.3 is 6.36 Å². The number of aromatic nitrogens is 1. The lowest BCUT2D eigenvalue weighted by atomic mass is 10.1. The van der Waals surface area contributed by atoms with E-state index < -0.39 is 33.7 Å². The highest BCUT2D eigenvalue weighted by Gasteiger charge is 2.33. The zero-order valence-corrected chi connectivity index (χ0v) is 19.0. The van der Waals surface area contributed by atoms with E-state index in [2.05, 4.69) is 14.4 Å². The molecule has 2 heterocycles. The Labute approximate surface area is 196 Å². The summed E-state index contributed by atoms with van der Waals surface area (Å²) < 4.78 is 68.8. The molecule has 1 aromatic heterocycles. The van der Waals surface area contributed by atoms with Crippen molar-refractivity contribution >= 4 is 27.5 Å². The van der Waals surface area contributed by atoms with Crippen molar-refractivity contribution in [2.45, 2.75) is 19.7 Å². The Morgan fingerprint density at radius 2 is 1.71 bits per heavy atom. The van der Waals surface area contributed by atoms with Gasteiger partial charge in [-0.25, -0.2) is 8.42 Å². The van der Waals surface area contributed by atoms with E-state index in [1.54, 1.807) is 30.2 Å². The number of pyridine rings is 1. The van der Waals surface area contributed by atoms with Gasteiger partial charge in [0.05, 0.1) is 17.0 Å². The van der Waals surface area contributed by atoms with Crippen molar-refractivity contribution in [3.8, 4) is 5.75 Å². The second-order valence-corrected chi connectivity index (χ2v) is 9.35. The summed E-state index contributed by atoms with van der Waals surface area (Å²) in [5.74, 6) is -1.92. The van der Waals surface area contributed by atoms with Crippen LogP contribution in [-0.2, 0) is 10.0 Å². The summed E-state index contributed by atoms with van der Waals surface area (Å²) in [6.45, 7) is 2.43. The highest BCUT2D eigenvalue weighted by Crippen LogP contribution is 2.32. The molecule has 0 spiro atoms. The number of hydrogen-bond donors (Lipinski definition) is 1. The van der Waals surface area contributed by atoms with Crippen LogP contribution >= 0.6 is 0 Å². The molecule has 0 radical (unpaired) electrons. The number of nitrogens with one attached hydrogen (secondary N) is 1. The van der Waals surface area contributed by atoms with Crippen molar-refractivity contribution in [1.82, 2.24) is 14.8 Å². The molecule has 34 heavy (non-hydrogen) atoms. The molecule has 9 nitrogen and oxygen atoms in total. The van der Waals surface area contributed by atoms with E-state index in [1.165, 1.54) is 17.2 Å². The van der Waals surface area contributed by atoms with Gasteiger partial charge in [0.1, 0.15) is 0 Å². The van der Waals surface area contributed by atoms with Crippen molar-refractivity contribution in [3.63, 3.8) is 0 Å². The fourth-order valence-corrected chi connectivity index (χ4v) is 4.55. The van der Waals surface area contributed by atoms with Crippen molar-refractivity contribution in [1.29, 1.82) is 0 Å². The van der Waals surface area contributed by atoms with E-state index in [0.717, 1.165) is 12.1 Å². The van der Waals surface area contributed by atoms with Crippen molar-refractivity contribution < 1.29 is 37.3 Å². The summed E-state index contributed by atoms with van der Waals surface area (Å²) >= 11 is 0. The normalized spacial score (nSPS) is 14.6. The summed E-state index contributed by atoms with van der Waals surface area (Å²) in [4.78, 5) is 32.3. The third kappa shape index (κ3) is 6.59. The van der Waals surface area contributed by atoms with Gasteiger partial charge in [-0.3, -0.25) is 19.3 Å². The highest BCUT2D eigenvalue weighted by molar-refractivity contribution is 7.92. The molecule has 1 fully saturated rings. The summed E-state index contributed by atoms with van der Waals surface area (Å²) in [7, 11) is -3.89. The first-order chi connectivity index (χ1) is 16.0. The van der Waals surface area contributed by atoms with Crippen molar-refractivity contribution in [2.75, 3.05) is 36.7 Å². The van der Waals surface area contributed by atoms with Gasteiger partial charge in [-0.2, -0.15) is 0 Å². The molecular weight excluding hydrogens is 477 g/mol. The zero-order chi connectivity index (χ0) is 24.9. The number of sulfonamides is 1. The van der Waals surface area contributed by atoms with Crippen LogP contribution in [0.3, 0.4) is 0 Å². The lowest BCUT2D eigenvalue weighted by molar-refractivity contribution is -0.274. The van der Waals surface area contributed by atoms with Crippen LogP contribution in [0.4, 0.5) is 18.9 Å². The lowest BCUT2D eigenvalue weighted by Crippen LogP contribution is -2.50. The lowest BCUT2D eigenvalue weighted by Gasteiger charge is -2.35. The van der Waals surface area contributed by atoms with Crippen LogP contribution in [0.1, 0.15) is 35.5 Å². The molecular formula is C21H25F3N4O5S. The molecule has 3 rings (SSSR count). The van der Waals surface area contributed by atoms with E-state index in [9.17, 15) is 31.2 Å². The molecule has 1 aromatic carbocycles. The van der Waals surface area contributed by atoms with Crippen molar-refractivity contribution in [2.24, 2.45) is 0 Å². The van der Waals surface area contributed by atoms with Crippen LogP contribution in [0.5, 0.6) is 5.75 Å². The van der Waals surface area contributed by atoms with Gasteiger partial charge in [0.2, 0.25) is 10.0 Å². The first-order valence-corrected chi connectivity index (χ1v) is 12.0. The predicted molar refractivity (Wildman–Crippen MR) is 119 cm³/mol. The molecule has 13 heteroatoms. The fraction of sp³-hybridized carbons (Fsp3) is 0.381. The van der Waals surface area contributed by atoms with Gasteiger partial charge in [-0.15, -0.1) is 13.2 Å². The first kappa shape index (κ1) is 25.3. The monoisotopic (exact) mass is 502 g/mol. The number of piperazine rings is 1. The van der Waals surface area contributed by atoms with Gasteiger partial charge in [-0.05, 0) is 36.8 Å². The Morgan fingerprint density at radius 1 is 1.09 bits per heavy atom. The van der Waals surface area contributed by atoms with E-state index in [0.29, 0.717) is 5.56 Å². The molecule has 2 aromatic rings. The second kappa shape index (κ2) is 10.3. The topological polar surface area (TPSA) is 109 Å². The van der Waals surface area contributed by atoms with E-state index in [1.807, 2.05) is 0 Å². The minimum absolute atomic E-state index is 0. The number of carbonyl (C=O) groups is 2. The number of ether oxygens (including phenoxy) is 1. The van der Waals surface area contributed by atoms with Crippen LogP contribution in [0.2, 0.25) is 0 Å². The van der Waals surface area contributed by atoms with Crippen LogP contribution in [0.25, 0.3) is 0 Å².